The van der Waals surface area contributed by atoms with Crippen molar-refractivity contribution in [3.05, 3.63) is 47.2 Å². The third-order valence-electron chi connectivity index (χ3n) is 6.61. The highest BCUT2D eigenvalue weighted by Gasteiger charge is 2.29. The molecular formula is C24H35N3O3. The maximum Gasteiger partial charge on any atom is 0.255 e. The first-order valence-electron chi connectivity index (χ1n) is 11.3. The number of aromatic nitrogens is 1. The van der Waals surface area contributed by atoms with Crippen molar-refractivity contribution in [2.24, 2.45) is 5.92 Å². The number of carbonyl (C=O) groups is 1. The standard InChI is InChI=1S/C24H35N3O3/c1-17-12-23(20(4)27(17)16-22-6-5-11-29-22)24(28)26-9-7-21(8-10-26)15-25-13-18(2)30-19(3)14-25/h5-6,11-12,18-19,21H,7-10,13-16H2,1-4H3. The van der Waals surface area contributed by atoms with Crippen molar-refractivity contribution < 1.29 is 13.9 Å². The van der Waals surface area contributed by atoms with Crippen LogP contribution < -0.4 is 0 Å². The quantitative estimate of drug-likeness (QED) is 0.750. The Morgan fingerprint density at radius 1 is 1.13 bits per heavy atom. The number of piperidine rings is 1. The first kappa shape index (κ1) is 21.2. The summed E-state index contributed by atoms with van der Waals surface area (Å²) in [6.07, 6.45) is 4.48. The Morgan fingerprint density at radius 3 is 2.47 bits per heavy atom. The van der Waals surface area contributed by atoms with Crippen LogP contribution in [0.3, 0.4) is 0 Å². The first-order valence-corrected chi connectivity index (χ1v) is 11.3. The predicted octanol–water partition coefficient (Wildman–Crippen LogP) is 3.71. The average molecular weight is 414 g/mol. The van der Waals surface area contributed by atoms with E-state index in [0.29, 0.717) is 24.7 Å². The second-order valence-electron chi connectivity index (χ2n) is 9.16. The summed E-state index contributed by atoms with van der Waals surface area (Å²) in [7, 11) is 0. The Kier molecular flexibility index (Phi) is 6.34. The predicted molar refractivity (Wildman–Crippen MR) is 117 cm³/mol. The van der Waals surface area contributed by atoms with E-state index in [1.807, 2.05) is 30.0 Å². The summed E-state index contributed by atoms with van der Waals surface area (Å²) in [5, 5.41) is 0. The fraction of sp³-hybridized carbons (Fsp3) is 0.625. The monoisotopic (exact) mass is 413 g/mol. The molecule has 4 rings (SSSR count). The van der Waals surface area contributed by atoms with Crippen LogP contribution in [-0.2, 0) is 11.3 Å². The molecule has 1 amide bonds. The molecule has 2 atom stereocenters. The van der Waals surface area contributed by atoms with Crippen molar-refractivity contribution in [3.8, 4) is 0 Å². The first-order chi connectivity index (χ1) is 14.4. The van der Waals surface area contributed by atoms with Crippen LogP contribution >= 0.6 is 0 Å². The molecule has 0 aliphatic carbocycles. The van der Waals surface area contributed by atoms with Gasteiger partial charge in [0.25, 0.3) is 5.91 Å². The minimum absolute atomic E-state index is 0.167. The Morgan fingerprint density at radius 2 is 1.83 bits per heavy atom. The molecule has 2 aliphatic rings. The molecule has 2 fully saturated rings. The third-order valence-corrected chi connectivity index (χ3v) is 6.61. The van der Waals surface area contributed by atoms with Crippen molar-refractivity contribution >= 4 is 5.91 Å². The fourth-order valence-electron chi connectivity index (χ4n) is 5.11. The van der Waals surface area contributed by atoms with Gasteiger partial charge in [0.2, 0.25) is 0 Å². The molecule has 2 aromatic heterocycles. The van der Waals surface area contributed by atoms with Crippen molar-refractivity contribution in [2.45, 2.75) is 59.3 Å². The van der Waals surface area contributed by atoms with Gasteiger partial charge in [-0.3, -0.25) is 9.69 Å². The molecular weight excluding hydrogens is 378 g/mol. The second-order valence-corrected chi connectivity index (χ2v) is 9.16. The van der Waals surface area contributed by atoms with Gasteiger partial charge in [0.15, 0.2) is 0 Å². The van der Waals surface area contributed by atoms with Crippen LogP contribution in [-0.4, -0.2) is 65.2 Å². The van der Waals surface area contributed by atoms with E-state index in [4.69, 9.17) is 9.15 Å². The molecule has 0 saturated carbocycles. The molecule has 30 heavy (non-hydrogen) atoms. The highest BCUT2D eigenvalue weighted by Crippen LogP contribution is 2.24. The van der Waals surface area contributed by atoms with Crippen LogP contribution in [0.2, 0.25) is 0 Å². The summed E-state index contributed by atoms with van der Waals surface area (Å²) in [4.78, 5) is 17.8. The maximum atomic E-state index is 13.2. The topological polar surface area (TPSA) is 50.9 Å². The maximum absolute atomic E-state index is 13.2. The Labute approximate surface area is 179 Å². The Hall–Kier alpha value is -2.05. The summed E-state index contributed by atoms with van der Waals surface area (Å²) in [5.74, 6) is 1.74. The lowest BCUT2D eigenvalue weighted by atomic mass is 9.95. The molecule has 0 radical (unpaired) electrons. The van der Waals surface area contributed by atoms with E-state index in [9.17, 15) is 4.79 Å². The normalized spacial score (nSPS) is 23.8. The van der Waals surface area contributed by atoms with Gasteiger partial charge in [0.05, 0.1) is 30.6 Å². The summed E-state index contributed by atoms with van der Waals surface area (Å²) in [5.41, 5.74) is 2.94. The Balaban J connectivity index is 1.34. The van der Waals surface area contributed by atoms with Gasteiger partial charge in [0, 0.05) is 44.1 Å². The lowest BCUT2D eigenvalue weighted by Gasteiger charge is -2.39. The summed E-state index contributed by atoms with van der Waals surface area (Å²) in [6.45, 7) is 13.9. The van der Waals surface area contributed by atoms with Gasteiger partial charge in [0.1, 0.15) is 5.76 Å². The zero-order valence-corrected chi connectivity index (χ0v) is 18.8. The molecule has 2 unspecified atom stereocenters. The smallest absolute Gasteiger partial charge is 0.255 e. The van der Waals surface area contributed by atoms with E-state index >= 15 is 0 Å². The highest BCUT2D eigenvalue weighted by atomic mass is 16.5. The molecule has 6 nitrogen and oxygen atoms in total. The minimum atomic E-state index is 0.167. The Bertz CT molecular complexity index is 839. The van der Waals surface area contributed by atoms with E-state index in [1.54, 1.807) is 6.26 Å². The molecule has 2 saturated heterocycles. The van der Waals surface area contributed by atoms with E-state index in [1.165, 1.54) is 0 Å². The van der Waals surface area contributed by atoms with Crippen LogP contribution in [0.5, 0.6) is 0 Å². The zero-order valence-electron chi connectivity index (χ0n) is 18.8. The number of nitrogens with zero attached hydrogens (tertiary/aromatic N) is 3. The summed E-state index contributed by atoms with van der Waals surface area (Å²) >= 11 is 0. The number of rotatable bonds is 5. The van der Waals surface area contributed by atoms with Crippen LogP contribution in [0.1, 0.15) is 54.2 Å². The van der Waals surface area contributed by atoms with Gasteiger partial charge in [-0.1, -0.05) is 0 Å². The lowest BCUT2D eigenvalue weighted by Crippen LogP contribution is -2.48. The lowest BCUT2D eigenvalue weighted by molar-refractivity contribution is -0.0728. The van der Waals surface area contributed by atoms with Crippen LogP contribution in [0.4, 0.5) is 0 Å². The minimum Gasteiger partial charge on any atom is -0.467 e. The van der Waals surface area contributed by atoms with Gasteiger partial charge in [-0.15, -0.1) is 0 Å². The average Bonchev–Trinajstić information content (AvgIpc) is 3.31. The molecule has 2 aliphatic heterocycles. The molecule has 4 heterocycles. The molecule has 0 aromatic carbocycles. The van der Waals surface area contributed by atoms with Gasteiger partial charge in [-0.2, -0.15) is 0 Å². The number of ether oxygens (including phenoxy) is 1. The number of amides is 1. The van der Waals surface area contributed by atoms with Crippen LogP contribution in [0.15, 0.2) is 28.9 Å². The van der Waals surface area contributed by atoms with Crippen LogP contribution in [0, 0.1) is 19.8 Å². The molecule has 0 spiro atoms. The van der Waals surface area contributed by atoms with Gasteiger partial charge in [-0.25, -0.2) is 0 Å². The third kappa shape index (κ3) is 4.65. The van der Waals surface area contributed by atoms with E-state index in [-0.39, 0.29) is 5.91 Å². The SMILES string of the molecule is Cc1cc(C(=O)N2CCC(CN3CC(C)OC(C)C3)CC2)c(C)n1Cc1ccco1. The number of furan rings is 1. The number of likely N-dealkylation sites (tertiary alicyclic amines) is 1. The van der Waals surface area contributed by atoms with Crippen molar-refractivity contribution in [2.75, 3.05) is 32.7 Å². The molecule has 164 valence electrons. The molecule has 0 bridgehead atoms. The largest absolute Gasteiger partial charge is 0.467 e. The van der Waals surface area contributed by atoms with Crippen molar-refractivity contribution in [1.29, 1.82) is 0 Å². The van der Waals surface area contributed by atoms with E-state index < -0.39 is 0 Å². The van der Waals surface area contributed by atoms with E-state index in [0.717, 1.165) is 68.3 Å². The van der Waals surface area contributed by atoms with Gasteiger partial charge in [-0.05, 0) is 64.7 Å². The number of carbonyl (C=O) groups excluding carboxylic acids is 1. The van der Waals surface area contributed by atoms with Gasteiger partial charge < -0.3 is 18.6 Å². The molecule has 2 aromatic rings. The van der Waals surface area contributed by atoms with Crippen molar-refractivity contribution in [3.63, 3.8) is 0 Å². The number of hydrogen-bond donors (Lipinski definition) is 0. The number of aryl methyl sites for hydroxylation is 1. The number of hydrogen-bond acceptors (Lipinski definition) is 4. The second kappa shape index (κ2) is 8.98. The summed E-state index contributed by atoms with van der Waals surface area (Å²) < 4.78 is 13.5. The molecule has 0 N–H and O–H groups in total. The zero-order chi connectivity index (χ0) is 21.3. The summed E-state index contributed by atoms with van der Waals surface area (Å²) in [6, 6.07) is 5.91. The number of morpholine rings is 1. The molecule has 6 heteroatoms. The fourth-order valence-corrected chi connectivity index (χ4v) is 5.11. The van der Waals surface area contributed by atoms with Crippen LogP contribution in [0.25, 0.3) is 0 Å². The van der Waals surface area contributed by atoms with E-state index in [2.05, 4.69) is 30.2 Å². The van der Waals surface area contributed by atoms with Gasteiger partial charge >= 0.3 is 0 Å². The van der Waals surface area contributed by atoms with Crippen molar-refractivity contribution in [1.82, 2.24) is 14.4 Å². The highest BCUT2D eigenvalue weighted by molar-refractivity contribution is 5.95.